The van der Waals surface area contributed by atoms with Gasteiger partial charge in [0.15, 0.2) is 0 Å². The Balaban J connectivity index is 0.000000199. The summed E-state index contributed by atoms with van der Waals surface area (Å²) in [5, 5.41) is 8.62. The number of furan rings is 1. The maximum absolute atomic E-state index is 12.6. The number of carbonyl (C=O) groups is 3. The van der Waals surface area contributed by atoms with Crippen molar-refractivity contribution in [1.29, 1.82) is 0 Å². The van der Waals surface area contributed by atoms with E-state index in [0.29, 0.717) is 23.6 Å². The van der Waals surface area contributed by atoms with Crippen LogP contribution in [0.4, 0.5) is 0 Å². The van der Waals surface area contributed by atoms with E-state index in [1.807, 2.05) is 108 Å². The second-order valence-electron chi connectivity index (χ2n) is 16.1. The fourth-order valence-electron chi connectivity index (χ4n) is 6.69. The van der Waals surface area contributed by atoms with Crippen molar-refractivity contribution in [1.82, 2.24) is 9.78 Å². The van der Waals surface area contributed by atoms with Crippen LogP contribution in [0, 0.1) is 24.2 Å². The van der Waals surface area contributed by atoms with Crippen LogP contribution in [0.5, 0.6) is 11.6 Å². The number of esters is 2. The minimum absolute atomic E-state index is 0.0793. The molecule has 12 heteroatoms. The molecule has 3 aromatic carbocycles. The molecule has 0 N–H and O–H groups in total. The molecular weight excluding hydrogens is 767 g/mol. The number of ether oxygens (including phenoxy) is 3. The van der Waals surface area contributed by atoms with E-state index >= 15 is 0 Å². The Morgan fingerprint density at radius 2 is 1.66 bits per heavy atom. The van der Waals surface area contributed by atoms with E-state index in [4.69, 9.17) is 23.5 Å². The fraction of sp³-hybridized carbons (Fsp3) is 0.340. The number of rotatable bonds is 13. The first kappa shape index (κ1) is 42.7. The van der Waals surface area contributed by atoms with Gasteiger partial charge in [-0.05, 0) is 86.9 Å². The lowest BCUT2D eigenvalue weighted by atomic mass is 10.1. The third kappa shape index (κ3) is 11.6. The lowest BCUT2D eigenvalue weighted by Crippen LogP contribution is -2.23. The van der Waals surface area contributed by atoms with E-state index in [-0.39, 0.29) is 47.5 Å². The van der Waals surface area contributed by atoms with Crippen molar-refractivity contribution in [3.05, 3.63) is 148 Å². The summed E-state index contributed by atoms with van der Waals surface area (Å²) in [6.07, 6.45) is 6.76. The normalized spacial score (nSPS) is 17.7. The zero-order chi connectivity index (χ0) is 42.2. The van der Waals surface area contributed by atoms with Gasteiger partial charge in [-0.15, -0.1) is 0 Å². The number of hydrogen-bond acceptors (Lipinski definition) is 11. The Bertz CT molecular complexity index is 2290. The number of oxime groups is 1. The van der Waals surface area contributed by atoms with Gasteiger partial charge in [-0.2, -0.15) is 5.10 Å². The molecule has 308 valence electrons. The average Bonchev–Trinajstić information content (AvgIpc) is 3.60. The smallest absolute Gasteiger partial charge is 0.338 e. The highest BCUT2D eigenvalue weighted by Crippen LogP contribution is 2.60. The molecule has 0 spiro atoms. The molecule has 5 aromatic rings. The van der Waals surface area contributed by atoms with Crippen molar-refractivity contribution in [2.45, 2.75) is 73.2 Å². The molecule has 0 amide bonds. The average molecular weight is 818 g/mol. The Morgan fingerprint density at radius 3 is 2.32 bits per heavy atom. The summed E-state index contributed by atoms with van der Waals surface area (Å²) < 4.78 is 24.1. The van der Waals surface area contributed by atoms with Gasteiger partial charge in [-0.25, -0.2) is 9.48 Å². The van der Waals surface area contributed by atoms with Crippen LogP contribution < -0.4 is 4.74 Å². The zero-order valence-electron chi connectivity index (χ0n) is 34.6. The fourth-order valence-corrected chi connectivity index (χ4v) is 7.55. The molecule has 2 fully saturated rings. The zero-order valence-corrected chi connectivity index (χ0v) is 35.4. The monoisotopic (exact) mass is 817 g/mol. The predicted molar refractivity (Wildman–Crippen MR) is 227 cm³/mol. The SMILES string of the molecule is CC1(C)[C@H](/C=C2\CCSC2=O)[C@@H]1C(=O)OCc1coc(Cc2ccccc2)c1.Cc1nn(C)c(Oc2ccccc2)c1/C=N/OCc1ccc(C(=O)OC(C)(C)C)cc1. The lowest BCUT2D eigenvalue weighted by molar-refractivity contribution is -0.147. The molecular formula is C47H51N3O8S. The third-order valence-corrected chi connectivity index (χ3v) is 10.9. The van der Waals surface area contributed by atoms with E-state index in [9.17, 15) is 14.4 Å². The third-order valence-electron chi connectivity index (χ3n) is 9.97. The molecule has 59 heavy (non-hydrogen) atoms. The maximum atomic E-state index is 12.6. The first-order chi connectivity index (χ1) is 28.2. The summed E-state index contributed by atoms with van der Waals surface area (Å²) in [5.41, 5.74) is 5.11. The molecule has 0 bridgehead atoms. The number of carbonyl (C=O) groups excluding carboxylic acids is 3. The summed E-state index contributed by atoms with van der Waals surface area (Å²) in [7, 11) is 1.82. The minimum Gasteiger partial charge on any atom is -0.469 e. The van der Waals surface area contributed by atoms with Gasteiger partial charge in [-0.1, -0.05) is 97.5 Å². The van der Waals surface area contributed by atoms with Crippen molar-refractivity contribution in [2.75, 3.05) is 5.75 Å². The number of thioether (sulfide) groups is 1. The highest BCUT2D eigenvalue weighted by Gasteiger charge is 2.61. The molecule has 2 atom stereocenters. The van der Waals surface area contributed by atoms with Crippen LogP contribution >= 0.6 is 11.8 Å². The van der Waals surface area contributed by atoms with E-state index in [1.54, 1.807) is 29.3 Å². The number of para-hydroxylation sites is 1. The first-order valence-electron chi connectivity index (χ1n) is 19.6. The van der Waals surface area contributed by atoms with Gasteiger partial charge in [0.1, 0.15) is 30.3 Å². The van der Waals surface area contributed by atoms with Gasteiger partial charge in [0.25, 0.3) is 0 Å². The van der Waals surface area contributed by atoms with Gasteiger partial charge in [0, 0.05) is 30.4 Å². The minimum atomic E-state index is -0.527. The molecule has 1 saturated carbocycles. The summed E-state index contributed by atoms with van der Waals surface area (Å²) in [5.74, 6) is 2.34. The lowest BCUT2D eigenvalue weighted by Gasteiger charge is -2.19. The van der Waals surface area contributed by atoms with Crippen molar-refractivity contribution < 1.29 is 37.8 Å². The van der Waals surface area contributed by atoms with Crippen molar-refractivity contribution in [2.24, 2.45) is 29.5 Å². The molecule has 11 nitrogen and oxygen atoms in total. The first-order valence-corrected chi connectivity index (χ1v) is 20.6. The van der Waals surface area contributed by atoms with Gasteiger partial charge in [0.05, 0.1) is 35.2 Å². The summed E-state index contributed by atoms with van der Waals surface area (Å²) in [6.45, 7) is 12.0. The second kappa shape index (κ2) is 18.8. The van der Waals surface area contributed by atoms with Gasteiger partial charge < -0.3 is 23.5 Å². The number of hydrogen-bond donors (Lipinski definition) is 0. The highest BCUT2D eigenvalue weighted by atomic mass is 32.2. The number of aromatic nitrogens is 2. The summed E-state index contributed by atoms with van der Waals surface area (Å²) in [4.78, 5) is 41.9. The van der Waals surface area contributed by atoms with Crippen LogP contribution in [0.25, 0.3) is 0 Å². The maximum Gasteiger partial charge on any atom is 0.338 e. The van der Waals surface area contributed by atoms with Gasteiger partial charge >= 0.3 is 11.9 Å². The summed E-state index contributed by atoms with van der Waals surface area (Å²) in [6, 6.07) is 28.6. The molecule has 0 unspecified atom stereocenters. The summed E-state index contributed by atoms with van der Waals surface area (Å²) >= 11 is 1.36. The standard InChI is InChI=1S/C24H27N3O4.C23H24O4S/c1-17-21(22(27(5)26-17)30-20-9-7-6-8-10-20)15-25-29-16-18-11-13-19(14-12-18)23(28)31-24(2,3)4;1-23(2)19(12-17-8-9-28-22(17)25)20(23)21(24)27-14-16-11-18(26-13-16)10-15-6-4-3-5-7-15/h6-15H,16H2,1-5H3;3-7,11-13,19-20H,8-10,14H2,1-2H3/b25-15+;17-12+/t;19-,20-/m.1/s1. The van der Waals surface area contributed by atoms with Crippen LogP contribution in [0.3, 0.4) is 0 Å². The quantitative estimate of drug-likeness (QED) is 0.0490. The van der Waals surface area contributed by atoms with Crippen LogP contribution in [-0.2, 0) is 50.6 Å². The van der Waals surface area contributed by atoms with Crippen molar-refractivity contribution in [3.63, 3.8) is 0 Å². The molecule has 1 aliphatic heterocycles. The van der Waals surface area contributed by atoms with Crippen molar-refractivity contribution in [3.8, 4) is 11.6 Å². The number of allylic oxidation sites excluding steroid dienone is 1. The topological polar surface area (TPSA) is 131 Å². The van der Waals surface area contributed by atoms with Gasteiger partial charge in [0.2, 0.25) is 11.0 Å². The predicted octanol–water partition coefficient (Wildman–Crippen LogP) is 9.80. The number of benzene rings is 3. The molecule has 1 aliphatic carbocycles. The van der Waals surface area contributed by atoms with Crippen LogP contribution in [0.2, 0.25) is 0 Å². The Labute approximate surface area is 349 Å². The molecule has 1 saturated heterocycles. The van der Waals surface area contributed by atoms with Crippen LogP contribution in [-0.4, -0.2) is 44.4 Å². The van der Waals surface area contributed by atoms with Crippen molar-refractivity contribution >= 4 is 35.0 Å². The van der Waals surface area contributed by atoms with E-state index < -0.39 is 5.60 Å². The Morgan fingerprint density at radius 1 is 0.966 bits per heavy atom. The highest BCUT2D eigenvalue weighted by molar-refractivity contribution is 8.14. The Kier molecular flexibility index (Phi) is 13.6. The number of nitrogens with zero attached hydrogens (tertiary/aromatic N) is 3. The van der Waals surface area contributed by atoms with E-state index in [0.717, 1.165) is 45.9 Å². The molecule has 7 rings (SSSR count). The largest absolute Gasteiger partial charge is 0.469 e. The van der Waals surface area contributed by atoms with Crippen LogP contribution in [0.1, 0.15) is 85.1 Å². The van der Waals surface area contributed by atoms with Crippen LogP contribution in [0.15, 0.2) is 118 Å². The Hall–Kier alpha value is -5.88. The molecule has 3 heterocycles. The van der Waals surface area contributed by atoms with E-state index in [1.165, 1.54) is 17.3 Å². The van der Waals surface area contributed by atoms with Gasteiger partial charge in [-0.3, -0.25) is 9.59 Å². The molecule has 0 radical (unpaired) electrons. The second-order valence-corrected chi connectivity index (χ2v) is 17.2. The molecule has 2 aliphatic rings. The molecule has 2 aromatic heterocycles. The van der Waals surface area contributed by atoms with E-state index in [2.05, 4.69) is 36.2 Å². The number of aryl methyl sites for hydroxylation is 2.